The van der Waals surface area contributed by atoms with Gasteiger partial charge in [0, 0.05) is 36.2 Å². The van der Waals surface area contributed by atoms with Crippen molar-refractivity contribution >= 4 is 15.9 Å². The van der Waals surface area contributed by atoms with Gasteiger partial charge in [-0.3, -0.25) is 4.90 Å². The van der Waals surface area contributed by atoms with Gasteiger partial charge in [0.2, 0.25) is 0 Å². The van der Waals surface area contributed by atoms with E-state index < -0.39 is 0 Å². The molecule has 0 atom stereocenters. The van der Waals surface area contributed by atoms with E-state index in [0.717, 1.165) is 36.4 Å². The maximum atomic E-state index is 5.33. The Morgan fingerprint density at radius 3 is 2.75 bits per heavy atom. The largest absolute Gasteiger partial charge is 0.497 e. The van der Waals surface area contributed by atoms with E-state index in [0.29, 0.717) is 0 Å². The van der Waals surface area contributed by atoms with Crippen LogP contribution in [0, 0.1) is 0 Å². The van der Waals surface area contributed by atoms with Gasteiger partial charge >= 0.3 is 0 Å². The Kier molecular flexibility index (Phi) is 5.47. The molecular formula is C16H25BrN2O. The van der Waals surface area contributed by atoms with Gasteiger partial charge in [0.15, 0.2) is 0 Å². The average Bonchev–Trinajstić information content (AvgIpc) is 2.49. The Balaban J connectivity index is 2.09. The minimum absolute atomic E-state index is 0.281. The van der Waals surface area contributed by atoms with E-state index in [1.807, 2.05) is 6.07 Å². The van der Waals surface area contributed by atoms with E-state index in [4.69, 9.17) is 4.74 Å². The molecule has 0 spiro atoms. The Labute approximate surface area is 130 Å². The zero-order valence-corrected chi connectivity index (χ0v) is 14.3. The van der Waals surface area contributed by atoms with Crippen LogP contribution in [0.1, 0.15) is 32.3 Å². The Hall–Kier alpha value is -0.580. The zero-order chi connectivity index (χ0) is 14.6. The number of methoxy groups -OCH3 is 1. The predicted octanol–water partition coefficient (Wildman–Crippen LogP) is 3.42. The molecule has 0 amide bonds. The van der Waals surface area contributed by atoms with Gasteiger partial charge in [0.05, 0.1) is 7.11 Å². The third kappa shape index (κ3) is 3.54. The molecule has 1 aliphatic heterocycles. The maximum absolute atomic E-state index is 5.33. The molecule has 20 heavy (non-hydrogen) atoms. The smallest absolute Gasteiger partial charge is 0.119 e. The van der Waals surface area contributed by atoms with Crippen molar-refractivity contribution in [2.75, 3.05) is 26.7 Å². The number of nitrogens with one attached hydrogen (secondary N) is 1. The van der Waals surface area contributed by atoms with Crippen LogP contribution in [0.3, 0.4) is 0 Å². The maximum Gasteiger partial charge on any atom is 0.119 e. The Bertz CT molecular complexity index is 446. The van der Waals surface area contributed by atoms with Gasteiger partial charge in [-0.25, -0.2) is 0 Å². The Morgan fingerprint density at radius 2 is 2.10 bits per heavy atom. The predicted molar refractivity (Wildman–Crippen MR) is 87.3 cm³/mol. The third-order valence-corrected chi connectivity index (χ3v) is 5.23. The van der Waals surface area contributed by atoms with Gasteiger partial charge in [0.1, 0.15) is 5.75 Å². The first-order chi connectivity index (χ1) is 9.62. The molecule has 1 N–H and O–H groups in total. The van der Waals surface area contributed by atoms with Crippen molar-refractivity contribution in [3.8, 4) is 5.75 Å². The Morgan fingerprint density at radius 1 is 1.35 bits per heavy atom. The molecule has 0 saturated carbocycles. The molecule has 4 heteroatoms. The highest BCUT2D eigenvalue weighted by atomic mass is 79.9. The van der Waals surface area contributed by atoms with Crippen molar-refractivity contribution in [2.24, 2.45) is 0 Å². The summed E-state index contributed by atoms with van der Waals surface area (Å²) in [6, 6.07) is 6.20. The second-order valence-electron chi connectivity index (χ2n) is 5.58. The first-order valence-corrected chi connectivity index (χ1v) is 8.21. The lowest BCUT2D eigenvalue weighted by Crippen LogP contribution is -2.59. The summed E-state index contributed by atoms with van der Waals surface area (Å²) in [5.41, 5.74) is 1.58. The standard InChI is InChI=1S/C16H25BrN2O/c1-4-16(5-2)12-19(9-8-18-16)11-13-10-14(20-3)6-7-15(13)17/h6-7,10,18H,4-5,8-9,11-12H2,1-3H3. The van der Waals surface area contributed by atoms with Gasteiger partial charge in [-0.15, -0.1) is 0 Å². The second kappa shape index (κ2) is 6.92. The van der Waals surface area contributed by atoms with Crippen LogP contribution in [0.4, 0.5) is 0 Å². The molecule has 112 valence electrons. The molecule has 1 aromatic rings. The lowest BCUT2D eigenvalue weighted by atomic mass is 9.90. The summed E-state index contributed by atoms with van der Waals surface area (Å²) in [7, 11) is 1.72. The number of hydrogen-bond donors (Lipinski definition) is 1. The number of benzene rings is 1. The number of halogens is 1. The van der Waals surface area contributed by atoms with E-state index in [-0.39, 0.29) is 5.54 Å². The molecule has 1 aromatic carbocycles. The summed E-state index contributed by atoms with van der Waals surface area (Å²) in [4.78, 5) is 2.54. The van der Waals surface area contributed by atoms with Crippen LogP contribution < -0.4 is 10.1 Å². The summed E-state index contributed by atoms with van der Waals surface area (Å²) in [6.45, 7) is 8.82. The zero-order valence-electron chi connectivity index (χ0n) is 12.7. The molecule has 1 saturated heterocycles. The summed E-state index contributed by atoms with van der Waals surface area (Å²) in [5.74, 6) is 0.926. The molecule has 2 rings (SSSR count). The molecule has 0 radical (unpaired) electrons. The van der Waals surface area contributed by atoms with Crippen LogP contribution in [-0.4, -0.2) is 37.2 Å². The topological polar surface area (TPSA) is 24.5 Å². The van der Waals surface area contributed by atoms with Crippen LogP contribution in [0.15, 0.2) is 22.7 Å². The van der Waals surface area contributed by atoms with Gasteiger partial charge in [0.25, 0.3) is 0 Å². The molecule has 0 aliphatic carbocycles. The number of hydrogen-bond acceptors (Lipinski definition) is 3. The van der Waals surface area contributed by atoms with Crippen molar-refractivity contribution in [1.82, 2.24) is 10.2 Å². The van der Waals surface area contributed by atoms with Crippen molar-refractivity contribution < 1.29 is 4.74 Å². The summed E-state index contributed by atoms with van der Waals surface area (Å²) in [5, 5.41) is 3.71. The van der Waals surface area contributed by atoms with Crippen LogP contribution in [0.2, 0.25) is 0 Å². The SMILES string of the molecule is CCC1(CC)CN(Cc2cc(OC)ccc2Br)CCN1. The fraction of sp³-hybridized carbons (Fsp3) is 0.625. The fourth-order valence-electron chi connectivity index (χ4n) is 2.94. The minimum Gasteiger partial charge on any atom is -0.497 e. The fourth-order valence-corrected chi connectivity index (χ4v) is 3.31. The van der Waals surface area contributed by atoms with Gasteiger partial charge in [-0.05, 0) is 36.6 Å². The molecule has 1 fully saturated rings. The molecule has 0 aromatic heterocycles. The van der Waals surface area contributed by atoms with E-state index in [1.165, 1.54) is 18.4 Å². The van der Waals surface area contributed by atoms with Gasteiger partial charge < -0.3 is 10.1 Å². The van der Waals surface area contributed by atoms with Crippen LogP contribution in [-0.2, 0) is 6.54 Å². The van der Waals surface area contributed by atoms with Crippen LogP contribution in [0.25, 0.3) is 0 Å². The molecule has 1 heterocycles. The van der Waals surface area contributed by atoms with E-state index >= 15 is 0 Å². The summed E-state index contributed by atoms with van der Waals surface area (Å²) in [6.07, 6.45) is 2.36. The first-order valence-electron chi connectivity index (χ1n) is 7.42. The molecule has 0 unspecified atom stereocenters. The molecular weight excluding hydrogens is 316 g/mol. The quantitative estimate of drug-likeness (QED) is 0.888. The first kappa shape index (κ1) is 15.8. The summed E-state index contributed by atoms with van der Waals surface area (Å²) >= 11 is 3.65. The van der Waals surface area contributed by atoms with E-state index in [2.05, 4.69) is 52.1 Å². The number of ether oxygens (including phenoxy) is 1. The highest BCUT2D eigenvalue weighted by Crippen LogP contribution is 2.26. The van der Waals surface area contributed by atoms with E-state index in [9.17, 15) is 0 Å². The van der Waals surface area contributed by atoms with E-state index in [1.54, 1.807) is 7.11 Å². The van der Waals surface area contributed by atoms with Gasteiger partial charge in [-0.2, -0.15) is 0 Å². The molecule has 0 bridgehead atoms. The van der Waals surface area contributed by atoms with Crippen LogP contribution >= 0.6 is 15.9 Å². The number of nitrogens with zero attached hydrogens (tertiary/aromatic N) is 1. The highest BCUT2D eigenvalue weighted by molar-refractivity contribution is 9.10. The monoisotopic (exact) mass is 340 g/mol. The van der Waals surface area contributed by atoms with Crippen molar-refractivity contribution in [3.63, 3.8) is 0 Å². The molecule has 1 aliphatic rings. The number of rotatable bonds is 5. The average molecular weight is 341 g/mol. The second-order valence-corrected chi connectivity index (χ2v) is 6.44. The number of piperazine rings is 1. The third-order valence-electron chi connectivity index (χ3n) is 4.45. The highest BCUT2D eigenvalue weighted by Gasteiger charge is 2.31. The lowest BCUT2D eigenvalue weighted by Gasteiger charge is -2.43. The normalized spacial score (nSPS) is 19.0. The minimum atomic E-state index is 0.281. The summed E-state index contributed by atoms with van der Waals surface area (Å²) < 4.78 is 6.49. The van der Waals surface area contributed by atoms with Crippen molar-refractivity contribution in [3.05, 3.63) is 28.2 Å². The van der Waals surface area contributed by atoms with Crippen molar-refractivity contribution in [1.29, 1.82) is 0 Å². The molecule has 3 nitrogen and oxygen atoms in total. The van der Waals surface area contributed by atoms with Gasteiger partial charge in [-0.1, -0.05) is 29.8 Å². The lowest BCUT2D eigenvalue weighted by molar-refractivity contribution is 0.118. The van der Waals surface area contributed by atoms with Crippen LogP contribution in [0.5, 0.6) is 5.75 Å². The van der Waals surface area contributed by atoms with Crippen molar-refractivity contribution in [2.45, 2.75) is 38.8 Å².